The van der Waals surface area contributed by atoms with Crippen molar-refractivity contribution in [3.8, 4) is 5.69 Å². The van der Waals surface area contributed by atoms with Crippen LogP contribution < -0.4 is 5.43 Å². The predicted molar refractivity (Wildman–Crippen MR) is 141 cm³/mol. The summed E-state index contributed by atoms with van der Waals surface area (Å²) in [6, 6.07) is 16.1. The van der Waals surface area contributed by atoms with Crippen LogP contribution in [0, 0.1) is 17.4 Å². The van der Waals surface area contributed by atoms with Crippen LogP contribution in [0.2, 0.25) is 0 Å². The van der Waals surface area contributed by atoms with Crippen molar-refractivity contribution in [2.45, 2.75) is 33.6 Å². The van der Waals surface area contributed by atoms with Crippen LogP contribution in [-0.2, 0) is 0 Å². The first-order valence-electron chi connectivity index (χ1n) is 10.3. The lowest BCUT2D eigenvalue weighted by atomic mass is 10.0. The Kier molecular flexibility index (Phi) is 6.57. The molecule has 5 nitrogen and oxygen atoms in total. The second-order valence-corrected chi connectivity index (χ2v) is 10.1. The SMILES string of the molecule is Cc1cc(/C=N\NC(=O)c2cc3cc(Br)cc(I)c3o2)c(C)n1-c1ccccc1C(C)C. The van der Waals surface area contributed by atoms with E-state index in [4.69, 9.17) is 4.42 Å². The maximum Gasteiger partial charge on any atom is 0.307 e. The topological polar surface area (TPSA) is 59.5 Å². The van der Waals surface area contributed by atoms with Gasteiger partial charge in [0.1, 0.15) is 5.58 Å². The lowest BCUT2D eigenvalue weighted by Gasteiger charge is -2.17. The minimum absolute atomic E-state index is 0.226. The molecule has 0 bridgehead atoms. The largest absolute Gasteiger partial charge is 0.450 e. The monoisotopic (exact) mass is 603 g/mol. The van der Waals surface area contributed by atoms with Gasteiger partial charge in [0.2, 0.25) is 0 Å². The second-order valence-electron chi connectivity index (χ2n) is 7.99. The standard InChI is InChI=1S/C25H23BrIN3O2/c1-14(2)20-7-5-6-8-22(20)30-15(3)9-18(16(30)4)13-28-29-25(31)23-11-17-10-19(26)12-21(27)24(17)32-23/h5-14H,1-4H3,(H,29,31)/b28-13-. The van der Waals surface area contributed by atoms with Gasteiger partial charge in [-0.2, -0.15) is 5.10 Å². The lowest BCUT2D eigenvalue weighted by molar-refractivity contribution is 0.0929. The third-order valence-corrected chi connectivity index (χ3v) is 6.66. The van der Waals surface area contributed by atoms with Crippen LogP contribution in [0.5, 0.6) is 0 Å². The molecule has 7 heteroatoms. The molecule has 0 saturated heterocycles. The van der Waals surface area contributed by atoms with Gasteiger partial charge in [-0.05, 0) is 78.3 Å². The second kappa shape index (κ2) is 9.23. The number of benzene rings is 2. The van der Waals surface area contributed by atoms with Crippen LogP contribution in [0.4, 0.5) is 0 Å². The van der Waals surface area contributed by atoms with Crippen molar-refractivity contribution >= 4 is 61.6 Å². The number of hydrogen-bond acceptors (Lipinski definition) is 3. The highest BCUT2D eigenvalue weighted by molar-refractivity contribution is 14.1. The number of nitrogens with zero attached hydrogens (tertiary/aromatic N) is 2. The van der Waals surface area contributed by atoms with Crippen molar-refractivity contribution in [1.29, 1.82) is 0 Å². The van der Waals surface area contributed by atoms with Crippen LogP contribution in [0.25, 0.3) is 16.7 Å². The molecule has 2 heterocycles. The molecule has 0 unspecified atom stereocenters. The van der Waals surface area contributed by atoms with Gasteiger partial charge < -0.3 is 8.98 Å². The van der Waals surface area contributed by atoms with E-state index in [0.717, 1.165) is 30.4 Å². The smallest absolute Gasteiger partial charge is 0.307 e. The number of para-hydroxylation sites is 1. The van der Waals surface area contributed by atoms with Crippen molar-refractivity contribution in [3.63, 3.8) is 0 Å². The number of amides is 1. The zero-order valence-electron chi connectivity index (χ0n) is 18.2. The Morgan fingerprint density at radius 2 is 1.94 bits per heavy atom. The highest BCUT2D eigenvalue weighted by atomic mass is 127. The van der Waals surface area contributed by atoms with E-state index >= 15 is 0 Å². The Morgan fingerprint density at radius 3 is 2.69 bits per heavy atom. The average molecular weight is 604 g/mol. The van der Waals surface area contributed by atoms with Gasteiger partial charge >= 0.3 is 5.91 Å². The Hall–Kier alpha value is -2.39. The first-order valence-corrected chi connectivity index (χ1v) is 12.1. The van der Waals surface area contributed by atoms with Crippen molar-refractivity contribution in [3.05, 3.63) is 84.8 Å². The molecule has 164 valence electrons. The minimum atomic E-state index is -0.386. The molecule has 0 atom stereocenters. The van der Waals surface area contributed by atoms with Gasteiger partial charge in [-0.3, -0.25) is 4.79 Å². The van der Waals surface area contributed by atoms with E-state index in [1.165, 1.54) is 11.3 Å². The summed E-state index contributed by atoms with van der Waals surface area (Å²) in [4.78, 5) is 12.6. The highest BCUT2D eigenvalue weighted by Gasteiger charge is 2.16. The number of aromatic nitrogens is 1. The highest BCUT2D eigenvalue weighted by Crippen LogP contribution is 2.29. The quantitative estimate of drug-likeness (QED) is 0.150. The molecule has 1 amide bonds. The average Bonchev–Trinajstić information content (AvgIpc) is 3.29. The number of carbonyl (C=O) groups is 1. The van der Waals surface area contributed by atoms with Crippen LogP contribution in [0.1, 0.15) is 52.8 Å². The van der Waals surface area contributed by atoms with Gasteiger partial charge in [0.25, 0.3) is 0 Å². The summed E-state index contributed by atoms with van der Waals surface area (Å²) < 4.78 is 9.85. The van der Waals surface area contributed by atoms with Crippen LogP contribution in [0.15, 0.2) is 62.5 Å². The Bertz CT molecular complexity index is 1350. The van der Waals surface area contributed by atoms with Crippen molar-refractivity contribution in [2.24, 2.45) is 5.10 Å². The molecule has 0 aliphatic heterocycles. The fourth-order valence-corrected chi connectivity index (χ4v) is 5.53. The molecule has 0 radical (unpaired) electrons. The van der Waals surface area contributed by atoms with Gasteiger partial charge in [-0.25, -0.2) is 5.43 Å². The van der Waals surface area contributed by atoms with E-state index in [0.29, 0.717) is 11.5 Å². The minimum Gasteiger partial charge on any atom is -0.450 e. The van der Waals surface area contributed by atoms with Crippen molar-refractivity contribution < 1.29 is 9.21 Å². The number of hydrogen-bond donors (Lipinski definition) is 1. The summed E-state index contributed by atoms with van der Waals surface area (Å²) in [6.45, 7) is 8.53. The maximum absolute atomic E-state index is 12.6. The summed E-state index contributed by atoms with van der Waals surface area (Å²) in [6.07, 6.45) is 1.68. The Balaban J connectivity index is 1.57. The molecular formula is C25H23BrIN3O2. The molecule has 0 fully saturated rings. The van der Waals surface area contributed by atoms with E-state index in [1.807, 2.05) is 12.1 Å². The molecule has 1 N–H and O–H groups in total. The summed E-state index contributed by atoms with van der Waals surface area (Å²) in [5.74, 6) is 0.254. The zero-order valence-corrected chi connectivity index (χ0v) is 22.0. The summed E-state index contributed by atoms with van der Waals surface area (Å²) >= 11 is 5.66. The molecule has 0 spiro atoms. The zero-order chi connectivity index (χ0) is 23.0. The number of halogens is 2. The molecule has 0 saturated carbocycles. The predicted octanol–water partition coefficient (Wildman–Crippen LogP) is 7.09. The van der Waals surface area contributed by atoms with Gasteiger partial charge in [0.05, 0.1) is 9.78 Å². The summed E-state index contributed by atoms with van der Waals surface area (Å²) in [5, 5.41) is 5.05. The number of hydrazone groups is 1. The molecule has 0 aliphatic carbocycles. The van der Waals surface area contributed by atoms with Gasteiger partial charge in [0, 0.05) is 32.5 Å². The van der Waals surface area contributed by atoms with E-state index in [-0.39, 0.29) is 11.7 Å². The number of nitrogens with one attached hydrogen (secondary N) is 1. The number of carbonyl (C=O) groups excluding carboxylic acids is 1. The van der Waals surface area contributed by atoms with E-state index < -0.39 is 0 Å². The van der Waals surface area contributed by atoms with E-state index in [2.05, 4.69) is 112 Å². The molecule has 2 aromatic heterocycles. The molecule has 2 aromatic carbocycles. The normalized spacial score (nSPS) is 11.7. The number of aryl methyl sites for hydroxylation is 1. The number of rotatable bonds is 5. The Morgan fingerprint density at radius 1 is 1.19 bits per heavy atom. The van der Waals surface area contributed by atoms with Crippen LogP contribution in [-0.4, -0.2) is 16.7 Å². The molecule has 4 rings (SSSR count). The maximum atomic E-state index is 12.6. The van der Waals surface area contributed by atoms with Crippen LogP contribution >= 0.6 is 38.5 Å². The molecule has 4 aromatic rings. The summed E-state index contributed by atoms with van der Waals surface area (Å²) in [7, 11) is 0. The lowest BCUT2D eigenvalue weighted by Crippen LogP contribution is -2.16. The van der Waals surface area contributed by atoms with Gasteiger partial charge in [-0.15, -0.1) is 0 Å². The third-order valence-electron chi connectivity index (χ3n) is 5.40. The fraction of sp³-hybridized carbons (Fsp3) is 0.200. The van der Waals surface area contributed by atoms with Crippen LogP contribution in [0.3, 0.4) is 0 Å². The van der Waals surface area contributed by atoms with Crippen molar-refractivity contribution in [1.82, 2.24) is 9.99 Å². The fourth-order valence-electron chi connectivity index (χ4n) is 3.87. The Labute approximate surface area is 209 Å². The molecule has 0 aliphatic rings. The van der Waals surface area contributed by atoms with Crippen molar-refractivity contribution in [2.75, 3.05) is 0 Å². The molecule has 32 heavy (non-hydrogen) atoms. The number of furan rings is 1. The van der Waals surface area contributed by atoms with E-state index in [9.17, 15) is 4.79 Å². The van der Waals surface area contributed by atoms with Gasteiger partial charge in [-0.1, -0.05) is 48.0 Å². The molecular weight excluding hydrogens is 581 g/mol. The summed E-state index contributed by atoms with van der Waals surface area (Å²) in [5.41, 5.74) is 8.86. The first-order chi connectivity index (χ1) is 15.3. The van der Waals surface area contributed by atoms with E-state index in [1.54, 1.807) is 12.3 Å². The third kappa shape index (κ3) is 4.41. The number of fused-ring (bicyclic) bond motifs is 1. The van der Waals surface area contributed by atoms with Gasteiger partial charge in [0.15, 0.2) is 5.76 Å². The first kappa shape index (κ1) is 22.8.